The standard InChI is InChI=1S/C16H18ClFN2/c1-11(14-5-3-4-6-15(14)17)20(2)13-8-7-12(10-19)16(18)9-13/h3-9,11H,10,19H2,1-2H3. The third-order valence-corrected chi connectivity index (χ3v) is 3.94. The molecule has 0 aliphatic heterocycles. The highest BCUT2D eigenvalue weighted by Crippen LogP contribution is 2.30. The molecule has 0 aromatic heterocycles. The molecule has 0 amide bonds. The Hall–Kier alpha value is -1.58. The van der Waals surface area contributed by atoms with Crippen molar-refractivity contribution in [3.05, 3.63) is 64.4 Å². The molecule has 0 bridgehead atoms. The molecule has 0 saturated heterocycles. The predicted octanol–water partition coefficient (Wildman–Crippen LogP) is 4.14. The van der Waals surface area contributed by atoms with E-state index in [2.05, 4.69) is 0 Å². The molecular formula is C16H18ClFN2. The summed E-state index contributed by atoms with van der Waals surface area (Å²) in [5, 5.41) is 0.714. The van der Waals surface area contributed by atoms with Crippen molar-refractivity contribution in [3.63, 3.8) is 0 Å². The second-order valence-corrected chi connectivity index (χ2v) is 5.20. The van der Waals surface area contributed by atoms with Gasteiger partial charge in [-0.05, 0) is 30.7 Å². The molecule has 2 nitrogen and oxygen atoms in total. The zero-order valence-electron chi connectivity index (χ0n) is 11.6. The monoisotopic (exact) mass is 292 g/mol. The largest absolute Gasteiger partial charge is 0.368 e. The smallest absolute Gasteiger partial charge is 0.129 e. The van der Waals surface area contributed by atoms with Crippen molar-refractivity contribution in [3.8, 4) is 0 Å². The number of nitrogens with zero attached hydrogens (tertiary/aromatic N) is 1. The van der Waals surface area contributed by atoms with Gasteiger partial charge in [-0.15, -0.1) is 0 Å². The molecule has 0 radical (unpaired) electrons. The van der Waals surface area contributed by atoms with Gasteiger partial charge in [-0.25, -0.2) is 4.39 Å². The number of benzene rings is 2. The Morgan fingerprint density at radius 2 is 1.95 bits per heavy atom. The van der Waals surface area contributed by atoms with Crippen LogP contribution in [0, 0.1) is 5.82 Å². The highest BCUT2D eigenvalue weighted by atomic mass is 35.5. The van der Waals surface area contributed by atoms with E-state index in [0.717, 1.165) is 11.3 Å². The van der Waals surface area contributed by atoms with Gasteiger partial charge in [0.25, 0.3) is 0 Å². The van der Waals surface area contributed by atoms with Crippen LogP contribution < -0.4 is 10.6 Å². The summed E-state index contributed by atoms with van der Waals surface area (Å²) < 4.78 is 13.8. The topological polar surface area (TPSA) is 29.3 Å². The molecule has 2 N–H and O–H groups in total. The van der Waals surface area contributed by atoms with Gasteiger partial charge in [0.2, 0.25) is 0 Å². The lowest BCUT2D eigenvalue weighted by atomic mass is 10.1. The Bertz CT molecular complexity index is 601. The first-order chi connectivity index (χ1) is 9.54. The van der Waals surface area contributed by atoms with Crippen LogP contribution in [-0.2, 0) is 6.54 Å². The van der Waals surface area contributed by atoms with Gasteiger partial charge in [0, 0.05) is 29.9 Å². The Balaban J connectivity index is 2.29. The number of anilines is 1. The minimum absolute atomic E-state index is 0.0480. The van der Waals surface area contributed by atoms with Crippen LogP contribution in [0.3, 0.4) is 0 Å². The third kappa shape index (κ3) is 2.94. The Morgan fingerprint density at radius 1 is 1.25 bits per heavy atom. The van der Waals surface area contributed by atoms with Crippen LogP contribution >= 0.6 is 11.6 Å². The minimum atomic E-state index is -0.275. The van der Waals surface area contributed by atoms with E-state index in [4.69, 9.17) is 17.3 Å². The lowest BCUT2D eigenvalue weighted by Crippen LogP contribution is -2.22. The lowest BCUT2D eigenvalue weighted by molar-refractivity contribution is 0.608. The summed E-state index contributed by atoms with van der Waals surface area (Å²) in [6, 6.07) is 12.8. The lowest BCUT2D eigenvalue weighted by Gasteiger charge is -2.28. The average Bonchev–Trinajstić information content (AvgIpc) is 2.46. The van der Waals surface area contributed by atoms with Crippen LogP contribution in [0.25, 0.3) is 0 Å². The zero-order chi connectivity index (χ0) is 14.7. The molecule has 2 rings (SSSR count). The SMILES string of the molecule is CC(c1ccccc1Cl)N(C)c1ccc(CN)c(F)c1. The number of rotatable bonds is 4. The molecule has 0 heterocycles. The van der Waals surface area contributed by atoms with Gasteiger partial charge in [-0.1, -0.05) is 35.9 Å². The van der Waals surface area contributed by atoms with E-state index in [1.54, 1.807) is 6.07 Å². The molecule has 1 atom stereocenters. The number of nitrogens with two attached hydrogens (primary N) is 1. The van der Waals surface area contributed by atoms with Crippen molar-refractivity contribution in [2.24, 2.45) is 5.73 Å². The van der Waals surface area contributed by atoms with E-state index in [0.29, 0.717) is 10.6 Å². The molecular weight excluding hydrogens is 275 g/mol. The van der Waals surface area contributed by atoms with Gasteiger partial charge >= 0.3 is 0 Å². The maximum Gasteiger partial charge on any atom is 0.129 e. The molecule has 4 heteroatoms. The van der Waals surface area contributed by atoms with Crippen LogP contribution in [-0.4, -0.2) is 7.05 Å². The van der Waals surface area contributed by atoms with Crippen LogP contribution in [0.4, 0.5) is 10.1 Å². The average molecular weight is 293 g/mol. The maximum absolute atomic E-state index is 13.8. The molecule has 0 spiro atoms. The normalized spacial score (nSPS) is 12.2. The van der Waals surface area contributed by atoms with Gasteiger partial charge in [-0.2, -0.15) is 0 Å². The minimum Gasteiger partial charge on any atom is -0.368 e. The first-order valence-corrected chi connectivity index (χ1v) is 6.88. The van der Waals surface area contributed by atoms with E-state index in [1.165, 1.54) is 6.07 Å². The van der Waals surface area contributed by atoms with E-state index in [1.807, 2.05) is 49.2 Å². The van der Waals surface area contributed by atoms with E-state index < -0.39 is 0 Å². The van der Waals surface area contributed by atoms with E-state index >= 15 is 0 Å². The van der Waals surface area contributed by atoms with Crippen molar-refractivity contribution in [1.29, 1.82) is 0 Å². The molecule has 2 aromatic rings. The van der Waals surface area contributed by atoms with Crippen molar-refractivity contribution in [1.82, 2.24) is 0 Å². The number of hydrogen-bond acceptors (Lipinski definition) is 2. The fourth-order valence-electron chi connectivity index (χ4n) is 2.17. The van der Waals surface area contributed by atoms with Gasteiger partial charge in [0.1, 0.15) is 5.82 Å². The molecule has 106 valence electrons. The van der Waals surface area contributed by atoms with Crippen LogP contribution in [0.15, 0.2) is 42.5 Å². The maximum atomic E-state index is 13.8. The van der Waals surface area contributed by atoms with Crippen LogP contribution in [0.5, 0.6) is 0 Å². The number of hydrogen-bond donors (Lipinski definition) is 1. The summed E-state index contributed by atoms with van der Waals surface area (Å²) in [7, 11) is 1.92. The summed E-state index contributed by atoms with van der Waals surface area (Å²) in [5.41, 5.74) is 7.81. The van der Waals surface area contributed by atoms with Crippen molar-refractivity contribution in [2.45, 2.75) is 19.5 Å². The van der Waals surface area contributed by atoms with Crippen molar-refractivity contribution < 1.29 is 4.39 Å². The Morgan fingerprint density at radius 3 is 2.55 bits per heavy atom. The Labute approximate surface area is 124 Å². The summed E-state index contributed by atoms with van der Waals surface area (Å²) in [4.78, 5) is 1.99. The second-order valence-electron chi connectivity index (χ2n) is 4.79. The predicted molar refractivity (Wildman–Crippen MR) is 82.6 cm³/mol. The second kappa shape index (κ2) is 6.25. The quantitative estimate of drug-likeness (QED) is 0.918. The van der Waals surface area contributed by atoms with Crippen LogP contribution in [0.2, 0.25) is 5.02 Å². The fraction of sp³-hybridized carbons (Fsp3) is 0.250. The third-order valence-electron chi connectivity index (χ3n) is 3.60. The highest BCUT2D eigenvalue weighted by molar-refractivity contribution is 6.31. The molecule has 0 saturated carbocycles. The first kappa shape index (κ1) is 14.8. The van der Waals surface area contributed by atoms with Gasteiger partial charge in [-0.3, -0.25) is 0 Å². The molecule has 1 unspecified atom stereocenters. The molecule has 0 aliphatic carbocycles. The van der Waals surface area contributed by atoms with Crippen molar-refractivity contribution >= 4 is 17.3 Å². The van der Waals surface area contributed by atoms with E-state index in [9.17, 15) is 4.39 Å². The van der Waals surface area contributed by atoms with Gasteiger partial charge < -0.3 is 10.6 Å². The summed E-state index contributed by atoms with van der Waals surface area (Å²) in [6.45, 7) is 2.24. The summed E-state index contributed by atoms with van der Waals surface area (Å²) >= 11 is 6.21. The fourth-order valence-corrected chi connectivity index (χ4v) is 2.46. The number of halogens is 2. The highest BCUT2D eigenvalue weighted by Gasteiger charge is 2.16. The first-order valence-electron chi connectivity index (χ1n) is 6.50. The Kier molecular flexibility index (Phi) is 4.63. The van der Waals surface area contributed by atoms with Gasteiger partial charge in [0.15, 0.2) is 0 Å². The molecule has 20 heavy (non-hydrogen) atoms. The van der Waals surface area contributed by atoms with E-state index in [-0.39, 0.29) is 18.4 Å². The van der Waals surface area contributed by atoms with Crippen molar-refractivity contribution in [2.75, 3.05) is 11.9 Å². The molecule has 2 aromatic carbocycles. The van der Waals surface area contributed by atoms with Crippen LogP contribution in [0.1, 0.15) is 24.1 Å². The zero-order valence-corrected chi connectivity index (χ0v) is 12.4. The van der Waals surface area contributed by atoms with Gasteiger partial charge in [0.05, 0.1) is 6.04 Å². The molecule has 0 fully saturated rings. The summed E-state index contributed by atoms with van der Waals surface area (Å²) in [6.07, 6.45) is 0. The molecule has 0 aliphatic rings. The summed E-state index contributed by atoms with van der Waals surface area (Å²) in [5.74, 6) is -0.275.